The fourth-order valence-electron chi connectivity index (χ4n) is 3.42. The van der Waals surface area contributed by atoms with E-state index in [0.717, 1.165) is 22.5 Å². The smallest absolute Gasteiger partial charge is 0.133 e. The van der Waals surface area contributed by atoms with Crippen molar-refractivity contribution < 1.29 is 4.39 Å². The normalized spacial score (nSPS) is 13.6. The van der Waals surface area contributed by atoms with Gasteiger partial charge in [-0.2, -0.15) is 5.10 Å². The molecule has 0 aliphatic rings. The summed E-state index contributed by atoms with van der Waals surface area (Å²) in [5.74, 6) is 0.511. The molecule has 0 bridgehead atoms. The zero-order valence-electron chi connectivity index (χ0n) is 18.0. The van der Waals surface area contributed by atoms with E-state index in [-0.39, 0.29) is 5.82 Å². The average Bonchev–Trinajstić information content (AvgIpc) is 3.43. The standard InChI is InChI=1S/C23H27FN6/c1-6-19(26-12-15(3)28-20(7-2)25-5)21-16(4)22(24)18(14-30-10-8-9-11-30)23-17(21)13-27-29-23/h6-13,25H,14H2,1-5H3,(H,27,29)/b19-6-,20-7-,26-12?,28-15?. The Hall–Kier alpha value is -3.48. The summed E-state index contributed by atoms with van der Waals surface area (Å²) in [4.78, 5) is 9.06. The van der Waals surface area contributed by atoms with Crippen molar-refractivity contribution in [3.05, 3.63) is 71.2 Å². The van der Waals surface area contributed by atoms with Crippen molar-refractivity contribution >= 4 is 28.5 Å². The lowest BCUT2D eigenvalue weighted by Gasteiger charge is -2.14. The molecule has 0 saturated heterocycles. The van der Waals surface area contributed by atoms with Crippen molar-refractivity contribution in [1.29, 1.82) is 0 Å². The van der Waals surface area contributed by atoms with Crippen molar-refractivity contribution in [2.45, 2.75) is 34.2 Å². The highest BCUT2D eigenvalue weighted by molar-refractivity contribution is 6.30. The molecule has 0 aliphatic heterocycles. The number of hydrogen-bond donors (Lipinski definition) is 2. The first-order chi connectivity index (χ1) is 14.5. The van der Waals surface area contributed by atoms with Crippen molar-refractivity contribution in [2.75, 3.05) is 7.05 Å². The Morgan fingerprint density at radius 3 is 2.63 bits per heavy atom. The molecule has 7 heteroatoms. The van der Waals surface area contributed by atoms with Crippen LogP contribution in [0.1, 0.15) is 37.5 Å². The van der Waals surface area contributed by atoms with Crippen LogP contribution in [0.3, 0.4) is 0 Å². The van der Waals surface area contributed by atoms with E-state index < -0.39 is 0 Å². The Bertz CT molecular complexity index is 1150. The van der Waals surface area contributed by atoms with Gasteiger partial charge in [-0.1, -0.05) is 6.08 Å². The van der Waals surface area contributed by atoms with Crippen LogP contribution in [0.2, 0.25) is 0 Å². The number of allylic oxidation sites excluding steroid dienone is 2. The summed E-state index contributed by atoms with van der Waals surface area (Å²) in [5.41, 5.74) is 3.97. The highest BCUT2D eigenvalue weighted by Crippen LogP contribution is 2.33. The van der Waals surface area contributed by atoms with Gasteiger partial charge in [0.05, 0.1) is 29.7 Å². The molecular formula is C23H27FN6. The van der Waals surface area contributed by atoms with E-state index in [2.05, 4.69) is 25.5 Å². The van der Waals surface area contributed by atoms with Crippen LogP contribution >= 0.6 is 0 Å². The third-order valence-corrected chi connectivity index (χ3v) is 4.93. The molecule has 0 saturated carbocycles. The number of fused-ring (bicyclic) bond motifs is 1. The van der Waals surface area contributed by atoms with E-state index >= 15 is 4.39 Å². The summed E-state index contributed by atoms with van der Waals surface area (Å²) < 4.78 is 17.4. The van der Waals surface area contributed by atoms with Gasteiger partial charge in [0.15, 0.2) is 0 Å². The molecule has 2 aromatic heterocycles. The Kier molecular flexibility index (Phi) is 6.61. The summed E-state index contributed by atoms with van der Waals surface area (Å²) in [6.07, 6.45) is 11.0. The summed E-state index contributed by atoms with van der Waals surface area (Å²) in [6.45, 7) is 7.89. The van der Waals surface area contributed by atoms with Gasteiger partial charge in [-0.3, -0.25) is 10.1 Å². The van der Waals surface area contributed by atoms with E-state index in [1.165, 1.54) is 0 Å². The third kappa shape index (κ3) is 4.25. The average molecular weight is 407 g/mol. The number of rotatable bonds is 7. The number of aliphatic imine (C=N–C) groups is 2. The molecule has 0 amide bonds. The molecule has 3 rings (SSSR count). The zero-order valence-corrected chi connectivity index (χ0v) is 18.0. The van der Waals surface area contributed by atoms with Gasteiger partial charge in [0.25, 0.3) is 0 Å². The number of nitrogens with one attached hydrogen (secondary N) is 2. The molecule has 0 spiro atoms. The highest BCUT2D eigenvalue weighted by Gasteiger charge is 2.20. The highest BCUT2D eigenvalue weighted by atomic mass is 19.1. The number of H-pyrrole nitrogens is 1. The molecular weight excluding hydrogens is 379 g/mol. The second kappa shape index (κ2) is 9.35. The van der Waals surface area contributed by atoms with Crippen LogP contribution in [0.25, 0.3) is 16.6 Å². The second-order valence-corrected chi connectivity index (χ2v) is 6.92. The molecule has 0 aliphatic carbocycles. The third-order valence-electron chi connectivity index (χ3n) is 4.93. The Labute approximate surface area is 175 Å². The van der Waals surface area contributed by atoms with Gasteiger partial charge >= 0.3 is 0 Å². The van der Waals surface area contributed by atoms with E-state index in [9.17, 15) is 0 Å². The minimum Gasteiger partial charge on any atom is -0.373 e. The summed E-state index contributed by atoms with van der Waals surface area (Å²) in [7, 11) is 1.82. The maximum atomic E-state index is 15.4. The molecule has 3 aromatic rings. The van der Waals surface area contributed by atoms with Crippen LogP contribution in [0.4, 0.5) is 4.39 Å². The molecule has 2 heterocycles. The number of aromatic nitrogens is 3. The van der Waals surface area contributed by atoms with Crippen LogP contribution < -0.4 is 5.32 Å². The van der Waals surface area contributed by atoms with Crippen LogP contribution in [-0.2, 0) is 6.54 Å². The van der Waals surface area contributed by atoms with Crippen LogP contribution in [-0.4, -0.2) is 33.7 Å². The lowest BCUT2D eigenvalue weighted by atomic mass is 9.96. The molecule has 30 heavy (non-hydrogen) atoms. The molecule has 156 valence electrons. The number of hydrogen-bond acceptors (Lipinski definition) is 4. The van der Waals surface area contributed by atoms with E-state index in [4.69, 9.17) is 0 Å². The van der Waals surface area contributed by atoms with Crippen molar-refractivity contribution in [2.24, 2.45) is 9.98 Å². The Morgan fingerprint density at radius 2 is 2.00 bits per heavy atom. The fraction of sp³-hybridized carbons (Fsp3) is 0.261. The Balaban J connectivity index is 2.06. The SMILES string of the molecule is C/C=C(\N=C(C)C=N/C(=C\C)c1c(C)c(F)c(Cn2cccc2)c2[nH]ncc12)NC. The summed E-state index contributed by atoms with van der Waals surface area (Å²) in [5, 5.41) is 11.0. The van der Waals surface area contributed by atoms with Gasteiger partial charge in [0.1, 0.15) is 11.6 Å². The maximum Gasteiger partial charge on any atom is 0.133 e. The maximum absolute atomic E-state index is 15.4. The Morgan fingerprint density at radius 1 is 1.27 bits per heavy atom. The quantitative estimate of drug-likeness (QED) is 0.552. The van der Waals surface area contributed by atoms with Crippen molar-refractivity contribution in [3.63, 3.8) is 0 Å². The lowest BCUT2D eigenvalue weighted by molar-refractivity contribution is 0.594. The minimum absolute atomic E-state index is 0.248. The van der Waals surface area contributed by atoms with Gasteiger partial charge in [0, 0.05) is 42.2 Å². The molecule has 0 fully saturated rings. The van der Waals surface area contributed by atoms with Crippen molar-refractivity contribution in [1.82, 2.24) is 20.1 Å². The predicted octanol–water partition coefficient (Wildman–Crippen LogP) is 4.83. The summed E-state index contributed by atoms with van der Waals surface area (Å²) >= 11 is 0. The van der Waals surface area contributed by atoms with Crippen LogP contribution in [0.5, 0.6) is 0 Å². The number of halogens is 1. The molecule has 0 unspecified atom stereocenters. The van der Waals surface area contributed by atoms with E-state index in [0.29, 0.717) is 28.9 Å². The number of benzene rings is 1. The largest absolute Gasteiger partial charge is 0.373 e. The van der Waals surface area contributed by atoms with Crippen LogP contribution in [0.15, 0.2) is 58.7 Å². The molecule has 6 nitrogen and oxygen atoms in total. The van der Waals surface area contributed by atoms with E-state index in [1.54, 1.807) is 19.3 Å². The fourth-order valence-corrected chi connectivity index (χ4v) is 3.42. The number of aromatic amines is 1. The van der Waals surface area contributed by atoms with Crippen molar-refractivity contribution in [3.8, 4) is 0 Å². The predicted molar refractivity (Wildman–Crippen MR) is 122 cm³/mol. The van der Waals surface area contributed by atoms with Gasteiger partial charge in [-0.05, 0) is 51.5 Å². The van der Waals surface area contributed by atoms with Crippen LogP contribution in [0, 0.1) is 12.7 Å². The first kappa shape index (κ1) is 21.2. The zero-order chi connectivity index (χ0) is 21.7. The molecule has 2 N–H and O–H groups in total. The van der Waals surface area contributed by atoms with Gasteiger partial charge in [-0.25, -0.2) is 9.38 Å². The molecule has 1 aromatic carbocycles. The topological polar surface area (TPSA) is 70.4 Å². The monoisotopic (exact) mass is 406 g/mol. The number of nitrogens with zero attached hydrogens (tertiary/aromatic N) is 4. The molecule has 0 radical (unpaired) electrons. The second-order valence-electron chi connectivity index (χ2n) is 6.92. The molecule has 0 atom stereocenters. The van der Waals surface area contributed by atoms with Gasteiger partial charge < -0.3 is 9.88 Å². The first-order valence-electron chi connectivity index (χ1n) is 9.85. The van der Waals surface area contributed by atoms with Gasteiger partial charge in [-0.15, -0.1) is 0 Å². The minimum atomic E-state index is -0.248. The van der Waals surface area contributed by atoms with Gasteiger partial charge in [0.2, 0.25) is 0 Å². The first-order valence-corrected chi connectivity index (χ1v) is 9.85. The van der Waals surface area contributed by atoms with E-state index in [1.807, 2.05) is 69.1 Å². The lowest BCUT2D eigenvalue weighted by Crippen LogP contribution is -2.06. The summed E-state index contributed by atoms with van der Waals surface area (Å²) in [6, 6.07) is 3.85.